The van der Waals surface area contributed by atoms with Crippen LogP contribution in [0.5, 0.6) is 0 Å². The van der Waals surface area contributed by atoms with Gasteiger partial charge in [0.1, 0.15) is 5.58 Å². The molecule has 1 heterocycles. The second-order valence-corrected chi connectivity index (χ2v) is 5.83. The molecular weight excluding hydrogens is 272 g/mol. The molecule has 1 aromatic carbocycles. The third kappa shape index (κ3) is 3.53. The lowest BCUT2D eigenvalue weighted by Gasteiger charge is -2.05. The van der Waals surface area contributed by atoms with Gasteiger partial charge >= 0.3 is 0 Å². The van der Waals surface area contributed by atoms with Crippen molar-refractivity contribution in [2.45, 2.75) is 33.6 Å². The van der Waals surface area contributed by atoms with Gasteiger partial charge in [0.2, 0.25) is 0 Å². The quantitative estimate of drug-likeness (QED) is 0.679. The van der Waals surface area contributed by atoms with Crippen molar-refractivity contribution < 1.29 is 4.42 Å². The molecule has 0 amide bonds. The largest absolute Gasteiger partial charge is 0.464 e. The van der Waals surface area contributed by atoms with Crippen LogP contribution in [0.1, 0.15) is 38.3 Å². The number of rotatable bonds is 6. The van der Waals surface area contributed by atoms with E-state index in [4.69, 9.17) is 4.42 Å². The lowest BCUT2D eigenvalue weighted by Crippen LogP contribution is -1.94. The van der Waals surface area contributed by atoms with Crippen molar-refractivity contribution in [3.8, 4) is 0 Å². The predicted molar refractivity (Wildman–Crippen MR) is 95.9 cm³/mol. The molecule has 0 N–H and O–H groups in total. The van der Waals surface area contributed by atoms with Gasteiger partial charge in [0.05, 0.1) is 12.0 Å². The summed E-state index contributed by atoms with van der Waals surface area (Å²) in [6.45, 7) is 10.2. The van der Waals surface area contributed by atoms with Crippen LogP contribution in [0.2, 0.25) is 0 Å². The zero-order chi connectivity index (χ0) is 16.1. The Hall–Kier alpha value is -2.16. The van der Waals surface area contributed by atoms with Gasteiger partial charge in [-0.15, -0.1) is 0 Å². The van der Waals surface area contributed by atoms with Crippen LogP contribution < -0.4 is 0 Å². The molecule has 0 atom stereocenters. The lowest BCUT2D eigenvalue weighted by atomic mass is 10.00. The normalized spacial score (nSPS) is 13.1. The number of hydrogen-bond acceptors (Lipinski definition) is 3. The summed E-state index contributed by atoms with van der Waals surface area (Å²) in [4.78, 5) is 8.44. The zero-order valence-electron chi connectivity index (χ0n) is 13.9. The number of nitrogens with zero attached hydrogens (tertiary/aromatic N) is 2. The van der Waals surface area contributed by atoms with Crippen molar-refractivity contribution in [1.82, 2.24) is 0 Å². The predicted octanol–water partition coefficient (Wildman–Crippen LogP) is 5.15. The number of fused-ring (bicyclic) bond motifs is 1. The van der Waals surface area contributed by atoms with Gasteiger partial charge in [0.25, 0.3) is 0 Å². The van der Waals surface area contributed by atoms with Crippen LogP contribution in [0.25, 0.3) is 16.7 Å². The van der Waals surface area contributed by atoms with Gasteiger partial charge in [-0.3, -0.25) is 9.98 Å². The molecule has 22 heavy (non-hydrogen) atoms. The van der Waals surface area contributed by atoms with E-state index < -0.39 is 0 Å². The number of aliphatic imine (C=N–C) groups is 2. The van der Waals surface area contributed by atoms with Crippen molar-refractivity contribution in [2.75, 3.05) is 7.05 Å². The molecule has 3 heteroatoms. The van der Waals surface area contributed by atoms with E-state index >= 15 is 0 Å². The fraction of sp³-hybridized carbons (Fsp3) is 0.368. The van der Waals surface area contributed by atoms with Crippen LogP contribution in [0, 0.1) is 5.92 Å². The first-order chi connectivity index (χ1) is 10.6. The molecule has 0 unspecified atom stereocenters. The molecule has 2 rings (SSSR count). The molecule has 0 aliphatic rings. The first-order valence-electron chi connectivity index (χ1n) is 7.73. The standard InChI is InChI=1S/C19H24N2O/c1-6-16(20-4)11-18(21-5)14-7-8-19-17(10-14)15(12-22-19)9-13(2)3/h7-8,10-13H,5-6,9H2,1-4H3/b18-11-,20-16-. The number of allylic oxidation sites excluding steroid dienone is 1. The molecule has 0 saturated carbocycles. The van der Waals surface area contributed by atoms with E-state index in [0.717, 1.165) is 40.8 Å². The van der Waals surface area contributed by atoms with E-state index in [9.17, 15) is 0 Å². The maximum atomic E-state index is 5.65. The number of furan rings is 1. The Balaban J connectivity index is 2.48. The Morgan fingerprint density at radius 1 is 1.36 bits per heavy atom. The molecule has 3 nitrogen and oxygen atoms in total. The fourth-order valence-corrected chi connectivity index (χ4v) is 2.54. The van der Waals surface area contributed by atoms with Gasteiger partial charge in [0.15, 0.2) is 0 Å². The molecule has 0 radical (unpaired) electrons. The summed E-state index contributed by atoms with van der Waals surface area (Å²) in [5.74, 6) is 0.593. The molecule has 0 bridgehead atoms. The maximum Gasteiger partial charge on any atom is 0.134 e. The summed E-state index contributed by atoms with van der Waals surface area (Å²) in [6, 6.07) is 6.16. The monoisotopic (exact) mass is 296 g/mol. The summed E-state index contributed by atoms with van der Waals surface area (Å²) in [6.07, 6.45) is 5.75. The highest BCUT2D eigenvalue weighted by Crippen LogP contribution is 2.27. The van der Waals surface area contributed by atoms with E-state index in [1.54, 1.807) is 7.05 Å². The molecule has 0 spiro atoms. The van der Waals surface area contributed by atoms with Gasteiger partial charge < -0.3 is 4.42 Å². The molecule has 0 fully saturated rings. The van der Waals surface area contributed by atoms with Crippen LogP contribution in [0.4, 0.5) is 0 Å². The van der Waals surface area contributed by atoms with Crippen molar-refractivity contribution in [3.05, 3.63) is 41.7 Å². The Morgan fingerprint density at radius 3 is 2.73 bits per heavy atom. The van der Waals surface area contributed by atoms with E-state index in [-0.39, 0.29) is 0 Å². The minimum Gasteiger partial charge on any atom is -0.464 e. The first-order valence-corrected chi connectivity index (χ1v) is 7.73. The zero-order valence-corrected chi connectivity index (χ0v) is 13.9. The van der Waals surface area contributed by atoms with E-state index in [2.05, 4.69) is 43.5 Å². The summed E-state index contributed by atoms with van der Waals surface area (Å²) in [7, 11) is 1.80. The second kappa shape index (κ2) is 7.21. The fourth-order valence-electron chi connectivity index (χ4n) is 2.54. The van der Waals surface area contributed by atoms with Crippen molar-refractivity contribution in [3.63, 3.8) is 0 Å². The van der Waals surface area contributed by atoms with E-state index in [1.165, 1.54) is 5.56 Å². The smallest absolute Gasteiger partial charge is 0.134 e. The molecule has 116 valence electrons. The van der Waals surface area contributed by atoms with Crippen molar-refractivity contribution in [1.29, 1.82) is 0 Å². The third-order valence-electron chi connectivity index (χ3n) is 3.70. The van der Waals surface area contributed by atoms with Gasteiger partial charge in [-0.25, -0.2) is 0 Å². The SMILES string of the molecule is C=N/C(=C\C(CC)=N/C)c1ccc2occ(CC(C)C)c2c1. The maximum absolute atomic E-state index is 5.65. The molecule has 0 aliphatic heterocycles. The first kappa shape index (κ1) is 16.2. The summed E-state index contributed by atoms with van der Waals surface area (Å²) in [5, 5.41) is 1.16. The minimum atomic E-state index is 0.593. The average Bonchev–Trinajstić information content (AvgIpc) is 2.90. The van der Waals surface area contributed by atoms with Crippen LogP contribution in [0.15, 0.2) is 44.9 Å². The van der Waals surface area contributed by atoms with Crippen LogP contribution in [-0.4, -0.2) is 19.5 Å². The molecule has 2 aromatic rings. The van der Waals surface area contributed by atoms with Crippen molar-refractivity contribution in [2.24, 2.45) is 15.9 Å². The van der Waals surface area contributed by atoms with Gasteiger partial charge in [0, 0.05) is 23.7 Å². The van der Waals surface area contributed by atoms with Crippen LogP contribution in [0.3, 0.4) is 0 Å². The summed E-state index contributed by atoms with van der Waals surface area (Å²) < 4.78 is 5.65. The highest BCUT2D eigenvalue weighted by atomic mass is 16.3. The molecule has 0 aliphatic carbocycles. The average molecular weight is 296 g/mol. The molecular formula is C19H24N2O. The summed E-state index contributed by atoms with van der Waals surface area (Å²) in [5.41, 5.74) is 5.07. The third-order valence-corrected chi connectivity index (χ3v) is 3.70. The summed E-state index contributed by atoms with van der Waals surface area (Å²) >= 11 is 0. The Labute approximate surface area is 132 Å². The number of hydrogen-bond donors (Lipinski definition) is 0. The second-order valence-electron chi connectivity index (χ2n) is 5.83. The highest BCUT2D eigenvalue weighted by Gasteiger charge is 2.10. The van der Waals surface area contributed by atoms with Gasteiger partial charge in [-0.1, -0.05) is 20.8 Å². The van der Waals surface area contributed by atoms with E-state index in [0.29, 0.717) is 5.92 Å². The highest BCUT2D eigenvalue weighted by molar-refractivity contribution is 6.01. The topological polar surface area (TPSA) is 37.9 Å². The Bertz CT molecular complexity index is 720. The van der Waals surface area contributed by atoms with Crippen LogP contribution in [-0.2, 0) is 6.42 Å². The Kier molecular flexibility index (Phi) is 5.31. The Morgan fingerprint density at radius 2 is 2.14 bits per heavy atom. The van der Waals surface area contributed by atoms with Crippen molar-refractivity contribution >= 4 is 29.1 Å². The number of benzene rings is 1. The molecule has 1 aromatic heterocycles. The van der Waals surface area contributed by atoms with Gasteiger partial charge in [-0.05, 0) is 55.3 Å². The minimum absolute atomic E-state index is 0.593. The van der Waals surface area contributed by atoms with Gasteiger partial charge in [-0.2, -0.15) is 0 Å². The van der Waals surface area contributed by atoms with E-state index in [1.807, 2.05) is 24.5 Å². The lowest BCUT2D eigenvalue weighted by molar-refractivity contribution is 0.594. The van der Waals surface area contributed by atoms with Crippen LogP contribution >= 0.6 is 0 Å². The molecule has 0 saturated heterocycles.